The predicted octanol–water partition coefficient (Wildman–Crippen LogP) is 3.41. The molecule has 0 unspecified atom stereocenters. The van der Waals surface area contributed by atoms with Gasteiger partial charge in [-0.15, -0.1) is 0 Å². The number of nitrogens with zero attached hydrogens (tertiary/aromatic N) is 2. The molecule has 0 aliphatic heterocycles. The fourth-order valence-corrected chi connectivity index (χ4v) is 1.85. The van der Waals surface area contributed by atoms with Crippen molar-refractivity contribution >= 4 is 5.82 Å². The lowest BCUT2D eigenvalue weighted by molar-refractivity contribution is 0.866. The van der Waals surface area contributed by atoms with Gasteiger partial charge in [0, 0.05) is 17.3 Å². The van der Waals surface area contributed by atoms with E-state index in [9.17, 15) is 0 Å². The van der Waals surface area contributed by atoms with E-state index in [2.05, 4.69) is 55.0 Å². The van der Waals surface area contributed by atoms with E-state index in [-0.39, 0.29) is 0 Å². The lowest BCUT2D eigenvalue weighted by Gasteiger charge is -2.07. The molecule has 2 rings (SSSR count). The Morgan fingerprint density at radius 2 is 1.78 bits per heavy atom. The Hall–Kier alpha value is -1.90. The van der Waals surface area contributed by atoms with E-state index in [1.165, 1.54) is 5.56 Å². The Bertz CT molecular complexity index is 530. The standard InChI is InChI=1S/C15H19N3/c1-4-13-9-14(16)18-15(17-13)12-7-5-11(6-8-12)10(2)3/h5-10H,4H2,1-3H3,(H2,16,17,18). The van der Waals surface area contributed by atoms with Gasteiger partial charge in [0.15, 0.2) is 5.82 Å². The van der Waals surface area contributed by atoms with Crippen LogP contribution in [0.1, 0.15) is 37.9 Å². The van der Waals surface area contributed by atoms with Gasteiger partial charge < -0.3 is 5.73 Å². The molecule has 0 aliphatic carbocycles. The number of benzene rings is 1. The summed E-state index contributed by atoms with van der Waals surface area (Å²) < 4.78 is 0. The Kier molecular flexibility index (Phi) is 3.60. The van der Waals surface area contributed by atoms with Crippen LogP contribution in [0.25, 0.3) is 11.4 Å². The van der Waals surface area contributed by atoms with Crippen molar-refractivity contribution in [1.82, 2.24) is 9.97 Å². The van der Waals surface area contributed by atoms with Crippen LogP contribution in [0, 0.1) is 0 Å². The Labute approximate surface area is 108 Å². The number of aromatic nitrogens is 2. The van der Waals surface area contributed by atoms with Crippen LogP contribution in [0.3, 0.4) is 0 Å². The molecule has 0 spiro atoms. The molecule has 0 saturated heterocycles. The van der Waals surface area contributed by atoms with Gasteiger partial charge in [-0.3, -0.25) is 0 Å². The first kappa shape index (κ1) is 12.6. The van der Waals surface area contributed by atoms with Crippen LogP contribution < -0.4 is 5.73 Å². The molecule has 0 saturated carbocycles. The smallest absolute Gasteiger partial charge is 0.161 e. The minimum Gasteiger partial charge on any atom is -0.384 e. The number of rotatable bonds is 3. The van der Waals surface area contributed by atoms with Crippen molar-refractivity contribution in [3.63, 3.8) is 0 Å². The molecule has 3 nitrogen and oxygen atoms in total. The Morgan fingerprint density at radius 1 is 1.11 bits per heavy atom. The van der Waals surface area contributed by atoms with Crippen molar-refractivity contribution in [2.24, 2.45) is 0 Å². The summed E-state index contributed by atoms with van der Waals surface area (Å²) in [6.07, 6.45) is 0.865. The normalized spacial score (nSPS) is 10.9. The second-order valence-electron chi connectivity index (χ2n) is 4.74. The lowest BCUT2D eigenvalue weighted by Crippen LogP contribution is -1.99. The van der Waals surface area contributed by atoms with Gasteiger partial charge in [0.1, 0.15) is 5.82 Å². The van der Waals surface area contributed by atoms with Crippen LogP contribution in [0.15, 0.2) is 30.3 Å². The number of nitrogen functional groups attached to an aromatic ring is 1. The summed E-state index contributed by atoms with van der Waals surface area (Å²) in [4.78, 5) is 8.80. The van der Waals surface area contributed by atoms with Crippen LogP contribution in [-0.4, -0.2) is 9.97 Å². The Balaban J connectivity index is 2.39. The van der Waals surface area contributed by atoms with E-state index in [1.807, 2.05) is 6.07 Å². The second-order valence-corrected chi connectivity index (χ2v) is 4.74. The number of hydrogen-bond acceptors (Lipinski definition) is 3. The van der Waals surface area contributed by atoms with E-state index >= 15 is 0 Å². The molecule has 1 heterocycles. The third-order valence-corrected chi connectivity index (χ3v) is 3.00. The summed E-state index contributed by atoms with van der Waals surface area (Å²) in [6.45, 7) is 6.43. The second kappa shape index (κ2) is 5.17. The highest BCUT2D eigenvalue weighted by Crippen LogP contribution is 2.21. The molecule has 0 atom stereocenters. The van der Waals surface area contributed by atoms with Crippen LogP contribution in [0.4, 0.5) is 5.82 Å². The highest BCUT2D eigenvalue weighted by molar-refractivity contribution is 5.57. The first-order chi connectivity index (χ1) is 8.60. The van der Waals surface area contributed by atoms with Gasteiger partial charge in [-0.1, -0.05) is 45.0 Å². The fraction of sp³-hybridized carbons (Fsp3) is 0.333. The average Bonchev–Trinajstić information content (AvgIpc) is 2.38. The maximum atomic E-state index is 5.80. The van der Waals surface area contributed by atoms with Gasteiger partial charge in [-0.05, 0) is 17.9 Å². The zero-order chi connectivity index (χ0) is 13.1. The van der Waals surface area contributed by atoms with Crippen molar-refractivity contribution < 1.29 is 0 Å². The van der Waals surface area contributed by atoms with Crippen LogP contribution in [0.5, 0.6) is 0 Å². The van der Waals surface area contributed by atoms with E-state index in [0.29, 0.717) is 17.6 Å². The van der Waals surface area contributed by atoms with Crippen molar-refractivity contribution in [2.75, 3.05) is 5.73 Å². The van der Waals surface area contributed by atoms with Crippen LogP contribution in [0.2, 0.25) is 0 Å². The molecular formula is C15H19N3. The summed E-state index contributed by atoms with van der Waals surface area (Å²) in [5.74, 6) is 1.78. The molecule has 0 amide bonds. The molecule has 3 heteroatoms. The molecule has 2 N–H and O–H groups in total. The molecule has 18 heavy (non-hydrogen) atoms. The third kappa shape index (κ3) is 2.67. The van der Waals surface area contributed by atoms with Gasteiger partial charge >= 0.3 is 0 Å². The molecule has 0 radical (unpaired) electrons. The summed E-state index contributed by atoms with van der Waals surface area (Å²) in [7, 11) is 0. The maximum Gasteiger partial charge on any atom is 0.161 e. The highest BCUT2D eigenvalue weighted by Gasteiger charge is 2.05. The van der Waals surface area contributed by atoms with Gasteiger partial charge in [-0.2, -0.15) is 0 Å². The molecule has 0 aliphatic rings. The number of aryl methyl sites for hydroxylation is 1. The van der Waals surface area contributed by atoms with E-state index in [0.717, 1.165) is 17.7 Å². The summed E-state index contributed by atoms with van der Waals surface area (Å²) in [6, 6.07) is 10.2. The minimum absolute atomic E-state index is 0.532. The molecular weight excluding hydrogens is 222 g/mol. The SMILES string of the molecule is CCc1cc(N)nc(-c2ccc(C(C)C)cc2)n1. The van der Waals surface area contributed by atoms with Crippen molar-refractivity contribution in [3.05, 3.63) is 41.6 Å². The number of hydrogen-bond donors (Lipinski definition) is 1. The predicted molar refractivity (Wildman–Crippen MR) is 75.3 cm³/mol. The summed E-state index contributed by atoms with van der Waals surface area (Å²) in [5.41, 5.74) is 9.11. The number of nitrogens with two attached hydrogens (primary N) is 1. The monoisotopic (exact) mass is 241 g/mol. The van der Waals surface area contributed by atoms with Crippen molar-refractivity contribution in [3.8, 4) is 11.4 Å². The molecule has 94 valence electrons. The first-order valence-corrected chi connectivity index (χ1v) is 6.34. The molecule has 1 aromatic heterocycles. The van der Waals surface area contributed by atoms with Crippen molar-refractivity contribution in [1.29, 1.82) is 0 Å². The summed E-state index contributed by atoms with van der Waals surface area (Å²) >= 11 is 0. The average molecular weight is 241 g/mol. The molecule has 2 aromatic rings. The zero-order valence-corrected chi connectivity index (χ0v) is 11.1. The Morgan fingerprint density at radius 3 is 2.33 bits per heavy atom. The zero-order valence-electron chi connectivity index (χ0n) is 11.1. The lowest BCUT2D eigenvalue weighted by atomic mass is 10.0. The molecule has 0 bridgehead atoms. The molecule has 0 fully saturated rings. The summed E-state index contributed by atoms with van der Waals surface area (Å²) in [5, 5.41) is 0. The van der Waals surface area contributed by atoms with E-state index in [1.54, 1.807) is 0 Å². The van der Waals surface area contributed by atoms with Crippen LogP contribution in [-0.2, 0) is 6.42 Å². The minimum atomic E-state index is 0.532. The van der Waals surface area contributed by atoms with Crippen LogP contribution >= 0.6 is 0 Å². The highest BCUT2D eigenvalue weighted by atomic mass is 14.9. The van der Waals surface area contributed by atoms with Gasteiger partial charge in [0.25, 0.3) is 0 Å². The van der Waals surface area contributed by atoms with E-state index in [4.69, 9.17) is 5.73 Å². The van der Waals surface area contributed by atoms with Gasteiger partial charge in [-0.25, -0.2) is 9.97 Å². The largest absolute Gasteiger partial charge is 0.384 e. The topological polar surface area (TPSA) is 51.8 Å². The van der Waals surface area contributed by atoms with Gasteiger partial charge in [0.05, 0.1) is 0 Å². The van der Waals surface area contributed by atoms with Gasteiger partial charge in [0.2, 0.25) is 0 Å². The van der Waals surface area contributed by atoms with E-state index < -0.39 is 0 Å². The number of anilines is 1. The first-order valence-electron chi connectivity index (χ1n) is 6.34. The fourth-order valence-electron chi connectivity index (χ4n) is 1.85. The van der Waals surface area contributed by atoms with Crippen molar-refractivity contribution in [2.45, 2.75) is 33.1 Å². The molecule has 1 aromatic carbocycles. The third-order valence-electron chi connectivity index (χ3n) is 3.00. The quantitative estimate of drug-likeness (QED) is 0.895. The maximum absolute atomic E-state index is 5.80.